The van der Waals surface area contributed by atoms with Crippen molar-refractivity contribution in [3.63, 3.8) is 0 Å². The molecule has 1 aliphatic rings. The van der Waals surface area contributed by atoms with Crippen LogP contribution in [-0.2, 0) is 6.42 Å². The molecule has 0 radical (unpaired) electrons. The SMILES string of the molecule is Cc1cc(C(=O)CC2CCCc3ccccc32)c(C)o1. The summed E-state index contributed by atoms with van der Waals surface area (Å²) in [4.78, 5) is 12.5. The molecule has 0 aliphatic heterocycles. The van der Waals surface area contributed by atoms with Crippen LogP contribution < -0.4 is 0 Å². The molecular formula is C18H20O2. The number of rotatable bonds is 3. The average molecular weight is 268 g/mol. The lowest BCUT2D eigenvalue weighted by Crippen LogP contribution is -2.14. The summed E-state index contributed by atoms with van der Waals surface area (Å²) in [5.41, 5.74) is 3.53. The molecule has 1 unspecified atom stereocenters. The van der Waals surface area contributed by atoms with E-state index in [4.69, 9.17) is 4.42 Å². The molecule has 1 heterocycles. The number of benzene rings is 1. The number of ketones is 1. The average Bonchev–Trinajstić information content (AvgIpc) is 2.78. The highest BCUT2D eigenvalue weighted by molar-refractivity contribution is 5.97. The van der Waals surface area contributed by atoms with E-state index in [0.717, 1.165) is 29.9 Å². The molecular weight excluding hydrogens is 248 g/mol. The number of hydrogen-bond donors (Lipinski definition) is 0. The van der Waals surface area contributed by atoms with Crippen LogP contribution in [0.5, 0.6) is 0 Å². The summed E-state index contributed by atoms with van der Waals surface area (Å²) >= 11 is 0. The number of carbonyl (C=O) groups is 1. The van der Waals surface area contributed by atoms with Gasteiger partial charge in [-0.3, -0.25) is 4.79 Å². The third-order valence-electron chi connectivity index (χ3n) is 4.27. The van der Waals surface area contributed by atoms with Gasteiger partial charge in [0.25, 0.3) is 0 Å². The Morgan fingerprint density at radius 1 is 1.30 bits per heavy atom. The quantitative estimate of drug-likeness (QED) is 0.762. The largest absolute Gasteiger partial charge is 0.466 e. The number of carbonyl (C=O) groups excluding carboxylic acids is 1. The van der Waals surface area contributed by atoms with Crippen LogP contribution in [0.1, 0.15) is 58.2 Å². The Bertz CT molecular complexity index is 637. The number of hydrogen-bond acceptors (Lipinski definition) is 2. The van der Waals surface area contributed by atoms with E-state index < -0.39 is 0 Å². The van der Waals surface area contributed by atoms with Crippen LogP contribution in [0.2, 0.25) is 0 Å². The maximum atomic E-state index is 12.5. The molecule has 0 spiro atoms. The summed E-state index contributed by atoms with van der Waals surface area (Å²) in [5.74, 6) is 2.13. The zero-order valence-electron chi connectivity index (χ0n) is 12.1. The van der Waals surface area contributed by atoms with Gasteiger partial charge < -0.3 is 4.42 Å². The first-order chi connectivity index (χ1) is 9.65. The van der Waals surface area contributed by atoms with Crippen LogP contribution in [0.4, 0.5) is 0 Å². The fourth-order valence-electron chi connectivity index (χ4n) is 3.31. The molecule has 2 aromatic rings. The van der Waals surface area contributed by atoms with Crippen LogP contribution in [0.3, 0.4) is 0 Å². The molecule has 1 atom stereocenters. The third-order valence-corrected chi connectivity index (χ3v) is 4.27. The van der Waals surface area contributed by atoms with Crippen molar-refractivity contribution in [3.05, 3.63) is 58.5 Å². The molecule has 1 aromatic heterocycles. The van der Waals surface area contributed by atoms with E-state index in [-0.39, 0.29) is 5.78 Å². The first-order valence-electron chi connectivity index (χ1n) is 7.33. The van der Waals surface area contributed by atoms with Crippen LogP contribution in [0, 0.1) is 13.8 Å². The second-order valence-electron chi connectivity index (χ2n) is 5.74. The van der Waals surface area contributed by atoms with E-state index in [1.54, 1.807) is 0 Å². The first kappa shape index (κ1) is 13.2. The van der Waals surface area contributed by atoms with Crippen molar-refractivity contribution in [2.24, 2.45) is 0 Å². The zero-order valence-corrected chi connectivity index (χ0v) is 12.1. The van der Waals surface area contributed by atoms with Gasteiger partial charge in [0.15, 0.2) is 5.78 Å². The molecule has 0 saturated carbocycles. The van der Waals surface area contributed by atoms with E-state index >= 15 is 0 Å². The molecule has 0 N–H and O–H groups in total. The van der Waals surface area contributed by atoms with Gasteiger partial charge in [-0.1, -0.05) is 24.3 Å². The molecule has 0 bridgehead atoms. The lowest BCUT2D eigenvalue weighted by molar-refractivity contribution is 0.0969. The van der Waals surface area contributed by atoms with Crippen molar-refractivity contribution in [1.29, 1.82) is 0 Å². The standard InChI is InChI=1S/C18H20O2/c1-12-10-17(13(2)20-12)18(19)11-15-8-5-7-14-6-3-4-9-16(14)15/h3-4,6,9-10,15H,5,7-8,11H2,1-2H3. The van der Waals surface area contributed by atoms with Crippen molar-refractivity contribution in [3.8, 4) is 0 Å². The normalized spacial score (nSPS) is 17.8. The van der Waals surface area contributed by atoms with E-state index in [1.807, 2.05) is 19.9 Å². The van der Waals surface area contributed by atoms with Crippen molar-refractivity contribution in [1.82, 2.24) is 0 Å². The monoisotopic (exact) mass is 268 g/mol. The Balaban J connectivity index is 1.82. The highest BCUT2D eigenvalue weighted by Gasteiger charge is 2.24. The highest BCUT2D eigenvalue weighted by atomic mass is 16.3. The topological polar surface area (TPSA) is 30.2 Å². The Kier molecular flexibility index (Phi) is 3.47. The minimum Gasteiger partial charge on any atom is -0.466 e. The Labute approximate surface area is 119 Å². The van der Waals surface area contributed by atoms with Crippen LogP contribution in [0.25, 0.3) is 0 Å². The molecule has 0 fully saturated rings. The summed E-state index contributed by atoms with van der Waals surface area (Å²) < 4.78 is 5.47. The van der Waals surface area contributed by atoms with Crippen LogP contribution in [-0.4, -0.2) is 5.78 Å². The van der Waals surface area contributed by atoms with E-state index in [1.165, 1.54) is 17.5 Å². The summed E-state index contributed by atoms with van der Waals surface area (Å²) in [5, 5.41) is 0. The molecule has 1 aromatic carbocycles. The molecule has 20 heavy (non-hydrogen) atoms. The molecule has 1 aliphatic carbocycles. The zero-order chi connectivity index (χ0) is 14.1. The second-order valence-corrected chi connectivity index (χ2v) is 5.74. The molecule has 2 nitrogen and oxygen atoms in total. The Morgan fingerprint density at radius 2 is 2.10 bits per heavy atom. The van der Waals surface area contributed by atoms with Gasteiger partial charge >= 0.3 is 0 Å². The number of furan rings is 1. The number of aryl methyl sites for hydroxylation is 3. The lowest BCUT2D eigenvalue weighted by atomic mass is 9.79. The van der Waals surface area contributed by atoms with Crippen LogP contribution in [0.15, 0.2) is 34.7 Å². The second kappa shape index (κ2) is 5.28. The van der Waals surface area contributed by atoms with Gasteiger partial charge in [0.2, 0.25) is 0 Å². The van der Waals surface area contributed by atoms with Crippen molar-refractivity contribution >= 4 is 5.78 Å². The van der Waals surface area contributed by atoms with Gasteiger partial charge in [0.1, 0.15) is 11.5 Å². The summed E-state index contributed by atoms with van der Waals surface area (Å²) in [6.45, 7) is 3.76. The third kappa shape index (κ3) is 2.43. The smallest absolute Gasteiger partial charge is 0.166 e. The predicted molar refractivity (Wildman–Crippen MR) is 79.3 cm³/mol. The lowest BCUT2D eigenvalue weighted by Gasteiger charge is -2.24. The number of fused-ring (bicyclic) bond motifs is 1. The first-order valence-corrected chi connectivity index (χ1v) is 7.33. The fourth-order valence-corrected chi connectivity index (χ4v) is 3.31. The molecule has 0 saturated heterocycles. The summed E-state index contributed by atoms with van der Waals surface area (Å²) in [6.07, 6.45) is 4.03. The molecule has 2 heteroatoms. The van der Waals surface area contributed by atoms with Crippen molar-refractivity contribution in [2.45, 2.75) is 45.4 Å². The van der Waals surface area contributed by atoms with Crippen molar-refractivity contribution in [2.75, 3.05) is 0 Å². The molecule has 104 valence electrons. The predicted octanol–water partition coefficient (Wildman–Crippen LogP) is 4.59. The van der Waals surface area contributed by atoms with E-state index in [2.05, 4.69) is 24.3 Å². The van der Waals surface area contributed by atoms with E-state index in [9.17, 15) is 4.79 Å². The maximum absolute atomic E-state index is 12.5. The van der Waals surface area contributed by atoms with Gasteiger partial charge in [-0.05, 0) is 56.2 Å². The van der Waals surface area contributed by atoms with E-state index in [0.29, 0.717) is 12.3 Å². The van der Waals surface area contributed by atoms with Crippen LogP contribution >= 0.6 is 0 Å². The van der Waals surface area contributed by atoms with Crippen molar-refractivity contribution < 1.29 is 9.21 Å². The molecule has 3 rings (SSSR count). The minimum absolute atomic E-state index is 0.209. The Hall–Kier alpha value is -1.83. The highest BCUT2D eigenvalue weighted by Crippen LogP contribution is 2.35. The van der Waals surface area contributed by atoms with Gasteiger partial charge in [-0.2, -0.15) is 0 Å². The Morgan fingerprint density at radius 3 is 2.85 bits per heavy atom. The number of Topliss-reactive ketones (excluding diaryl/α,β-unsaturated/α-hetero) is 1. The summed E-state index contributed by atoms with van der Waals surface area (Å²) in [6, 6.07) is 10.4. The van der Waals surface area contributed by atoms with Gasteiger partial charge in [-0.25, -0.2) is 0 Å². The fraction of sp³-hybridized carbons (Fsp3) is 0.389. The van der Waals surface area contributed by atoms with Gasteiger partial charge in [-0.15, -0.1) is 0 Å². The minimum atomic E-state index is 0.209. The summed E-state index contributed by atoms with van der Waals surface area (Å²) in [7, 11) is 0. The van der Waals surface area contributed by atoms with Gasteiger partial charge in [0, 0.05) is 6.42 Å². The van der Waals surface area contributed by atoms with Gasteiger partial charge in [0.05, 0.1) is 5.56 Å². The molecule has 0 amide bonds. The maximum Gasteiger partial charge on any atom is 0.166 e.